The summed E-state index contributed by atoms with van der Waals surface area (Å²) in [5.74, 6) is 1.26. The van der Waals surface area contributed by atoms with Crippen LogP contribution in [0.3, 0.4) is 0 Å². The number of carbonyl (C=O) groups excluding carboxylic acids is 1. The molecule has 0 spiro atoms. The second-order valence-corrected chi connectivity index (χ2v) is 6.81. The Morgan fingerprint density at radius 2 is 1.74 bits per heavy atom. The molecular weight excluding hydrogens is 342 g/mol. The van der Waals surface area contributed by atoms with Crippen LogP contribution < -0.4 is 10.1 Å². The summed E-state index contributed by atoms with van der Waals surface area (Å²) < 4.78 is 16.4. The highest BCUT2D eigenvalue weighted by atomic mass is 16.5. The maximum atomic E-state index is 12.0. The van der Waals surface area contributed by atoms with Gasteiger partial charge in [0, 0.05) is 12.3 Å². The van der Waals surface area contributed by atoms with Gasteiger partial charge in [-0.2, -0.15) is 0 Å². The van der Waals surface area contributed by atoms with Gasteiger partial charge in [0.1, 0.15) is 5.75 Å². The Bertz CT molecular complexity index is 698. The predicted molar refractivity (Wildman–Crippen MR) is 107 cm³/mol. The average molecular weight is 371 g/mol. The van der Waals surface area contributed by atoms with Gasteiger partial charge < -0.3 is 19.5 Å². The first-order valence-corrected chi connectivity index (χ1v) is 9.24. The third kappa shape index (κ3) is 8.24. The number of methoxy groups -OCH3 is 1. The SMILES string of the molecule is COc1ccc(COCc2cccc(NC(=O)CCOCC(C)C)c2)cc1. The van der Waals surface area contributed by atoms with Crippen molar-refractivity contribution >= 4 is 11.6 Å². The standard InChI is InChI=1S/C22H29NO4/c1-17(2)14-26-12-11-22(24)23-20-6-4-5-19(13-20)16-27-15-18-7-9-21(25-3)10-8-18/h4-10,13,17H,11-12,14-16H2,1-3H3,(H,23,24). The van der Waals surface area contributed by atoms with Gasteiger partial charge in [0.05, 0.1) is 33.4 Å². The third-order valence-electron chi connectivity index (χ3n) is 3.83. The van der Waals surface area contributed by atoms with Crippen molar-refractivity contribution in [1.29, 1.82) is 0 Å². The van der Waals surface area contributed by atoms with E-state index in [1.54, 1.807) is 7.11 Å². The predicted octanol–water partition coefficient (Wildman–Crippen LogP) is 4.41. The minimum absolute atomic E-state index is 0.0462. The van der Waals surface area contributed by atoms with E-state index in [9.17, 15) is 4.79 Å². The number of carbonyl (C=O) groups is 1. The third-order valence-corrected chi connectivity index (χ3v) is 3.83. The molecule has 0 aliphatic carbocycles. The molecule has 1 N–H and O–H groups in total. The summed E-state index contributed by atoms with van der Waals surface area (Å²) in [6, 6.07) is 15.5. The van der Waals surface area contributed by atoms with Gasteiger partial charge >= 0.3 is 0 Å². The molecule has 2 aromatic carbocycles. The van der Waals surface area contributed by atoms with Crippen molar-refractivity contribution in [3.05, 3.63) is 59.7 Å². The number of hydrogen-bond acceptors (Lipinski definition) is 4. The van der Waals surface area contributed by atoms with E-state index in [1.165, 1.54) is 0 Å². The number of rotatable bonds is 11. The van der Waals surface area contributed by atoms with Crippen molar-refractivity contribution in [3.63, 3.8) is 0 Å². The molecule has 0 heterocycles. The highest BCUT2D eigenvalue weighted by molar-refractivity contribution is 5.90. The smallest absolute Gasteiger partial charge is 0.226 e. The number of ether oxygens (including phenoxy) is 3. The lowest BCUT2D eigenvalue weighted by atomic mass is 10.2. The maximum Gasteiger partial charge on any atom is 0.226 e. The van der Waals surface area contributed by atoms with Gasteiger partial charge in [-0.15, -0.1) is 0 Å². The van der Waals surface area contributed by atoms with E-state index >= 15 is 0 Å². The molecule has 0 aliphatic rings. The molecule has 0 aromatic heterocycles. The molecule has 0 bridgehead atoms. The van der Waals surface area contributed by atoms with Crippen LogP contribution in [0.4, 0.5) is 5.69 Å². The first kappa shape index (κ1) is 20.9. The van der Waals surface area contributed by atoms with Crippen molar-refractivity contribution in [1.82, 2.24) is 0 Å². The molecular formula is C22H29NO4. The van der Waals surface area contributed by atoms with Gasteiger partial charge in [0.25, 0.3) is 0 Å². The van der Waals surface area contributed by atoms with Crippen LogP contribution in [0.15, 0.2) is 48.5 Å². The molecule has 0 saturated heterocycles. The minimum Gasteiger partial charge on any atom is -0.497 e. The van der Waals surface area contributed by atoms with Crippen molar-refractivity contribution < 1.29 is 19.0 Å². The topological polar surface area (TPSA) is 56.8 Å². The number of benzene rings is 2. The average Bonchev–Trinajstić information content (AvgIpc) is 2.66. The number of anilines is 1. The van der Waals surface area contributed by atoms with Crippen LogP contribution >= 0.6 is 0 Å². The molecule has 2 rings (SSSR count). The van der Waals surface area contributed by atoms with Crippen LogP contribution in [0.5, 0.6) is 5.75 Å². The van der Waals surface area contributed by atoms with Crippen molar-refractivity contribution in [2.24, 2.45) is 5.92 Å². The summed E-state index contributed by atoms with van der Waals surface area (Å²) >= 11 is 0. The normalized spacial score (nSPS) is 10.8. The molecule has 5 heteroatoms. The Labute approximate surface area is 161 Å². The molecule has 27 heavy (non-hydrogen) atoms. The molecule has 0 saturated carbocycles. The van der Waals surface area contributed by atoms with Gasteiger partial charge in [-0.3, -0.25) is 4.79 Å². The summed E-state index contributed by atoms with van der Waals surface area (Å²) in [5.41, 5.74) is 2.87. The first-order valence-electron chi connectivity index (χ1n) is 9.24. The molecule has 0 fully saturated rings. The second kappa shape index (κ2) is 11.4. The first-order chi connectivity index (χ1) is 13.1. The highest BCUT2D eigenvalue weighted by Gasteiger charge is 2.04. The van der Waals surface area contributed by atoms with Crippen LogP contribution in [-0.2, 0) is 27.5 Å². The lowest BCUT2D eigenvalue weighted by molar-refractivity contribution is -0.117. The molecule has 0 unspecified atom stereocenters. The van der Waals surface area contributed by atoms with Crippen LogP contribution in [0.1, 0.15) is 31.4 Å². The second-order valence-electron chi connectivity index (χ2n) is 6.81. The number of nitrogens with one attached hydrogen (secondary N) is 1. The Balaban J connectivity index is 1.74. The van der Waals surface area contributed by atoms with Gasteiger partial charge in [-0.05, 0) is 41.3 Å². The van der Waals surface area contributed by atoms with Crippen molar-refractivity contribution in [2.75, 3.05) is 25.6 Å². The van der Waals surface area contributed by atoms with E-state index in [1.807, 2.05) is 48.5 Å². The maximum absolute atomic E-state index is 12.0. The Hall–Kier alpha value is -2.37. The zero-order valence-corrected chi connectivity index (χ0v) is 16.4. The van der Waals surface area contributed by atoms with Gasteiger partial charge in [0.15, 0.2) is 0 Å². The largest absolute Gasteiger partial charge is 0.497 e. The van der Waals surface area contributed by atoms with Gasteiger partial charge in [0.2, 0.25) is 5.91 Å². The van der Waals surface area contributed by atoms with E-state index in [4.69, 9.17) is 14.2 Å². The minimum atomic E-state index is -0.0462. The van der Waals surface area contributed by atoms with Crippen LogP contribution in [-0.4, -0.2) is 26.2 Å². The molecule has 0 aliphatic heterocycles. The molecule has 5 nitrogen and oxygen atoms in total. The summed E-state index contributed by atoms with van der Waals surface area (Å²) in [6.45, 7) is 6.29. The zero-order valence-electron chi connectivity index (χ0n) is 16.4. The fourth-order valence-electron chi connectivity index (χ4n) is 2.45. The summed E-state index contributed by atoms with van der Waals surface area (Å²) in [7, 11) is 1.65. The number of hydrogen-bond donors (Lipinski definition) is 1. The lowest BCUT2D eigenvalue weighted by Crippen LogP contribution is -2.15. The summed E-state index contributed by atoms with van der Waals surface area (Å²) in [4.78, 5) is 12.0. The van der Waals surface area contributed by atoms with E-state index in [0.29, 0.717) is 38.8 Å². The fraction of sp³-hybridized carbons (Fsp3) is 0.409. The monoisotopic (exact) mass is 371 g/mol. The molecule has 1 amide bonds. The molecule has 0 atom stereocenters. The van der Waals surface area contributed by atoms with Crippen molar-refractivity contribution in [2.45, 2.75) is 33.5 Å². The quantitative estimate of drug-likeness (QED) is 0.594. The highest BCUT2D eigenvalue weighted by Crippen LogP contribution is 2.15. The lowest BCUT2D eigenvalue weighted by Gasteiger charge is -2.10. The van der Waals surface area contributed by atoms with Gasteiger partial charge in [-0.1, -0.05) is 38.1 Å². The fourth-order valence-corrected chi connectivity index (χ4v) is 2.45. The van der Waals surface area contributed by atoms with E-state index in [2.05, 4.69) is 19.2 Å². The van der Waals surface area contributed by atoms with Gasteiger partial charge in [-0.25, -0.2) is 0 Å². The van der Waals surface area contributed by atoms with E-state index in [0.717, 1.165) is 22.6 Å². The van der Waals surface area contributed by atoms with Crippen LogP contribution in [0.25, 0.3) is 0 Å². The molecule has 0 radical (unpaired) electrons. The Kier molecular flexibility index (Phi) is 8.81. The Morgan fingerprint density at radius 3 is 2.44 bits per heavy atom. The van der Waals surface area contributed by atoms with Crippen LogP contribution in [0, 0.1) is 5.92 Å². The number of amides is 1. The summed E-state index contributed by atoms with van der Waals surface area (Å²) in [6.07, 6.45) is 0.352. The van der Waals surface area contributed by atoms with E-state index < -0.39 is 0 Å². The Morgan fingerprint density at radius 1 is 1.00 bits per heavy atom. The van der Waals surface area contributed by atoms with Crippen LogP contribution in [0.2, 0.25) is 0 Å². The van der Waals surface area contributed by atoms with E-state index in [-0.39, 0.29) is 5.91 Å². The zero-order chi connectivity index (χ0) is 19.5. The molecule has 146 valence electrons. The van der Waals surface area contributed by atoms with Crippen molar-refractivity contribution in [3.8, 4) is 5.75 Å². The molecule has 2 aromatic rings. The summed E-state index contributed by atoms with van der Waals surface area (Å²) in [5, 5.41) is 2.90.